The maximum absolute atomic E-state index is 13.9. The molecule has 0 saturated carbocycles. The number of hydrogen-bond donors (Lipinski definition) is 2. The smallest absolute Gasteiger partial charge is 0.405 e. The molecule has 3 rings (SSSR count). The maximum Gasteiger partial charge on any atom is 0.573 e. The van der Waals surface area contributed by atoms with Crippen LogP contribution in [0.4, 0.5) is 23.2 Å². The van der Waals surface area contributed by atoms with E-state index in [0.717, 1.165) is 66.3 Å². The van der Waals surface area contributed by atoms with Crippen LogP contribution in [0.5, 0.6) is 5.75 Å². The van der Waals surface area contributed by atoms with Gasteiger partial charge in [-0.15, -0.1) is 13.2 Å². The van der Waals surface area contributed by atoms with Crippen molar-refractivity contribution in [1.29, 1.82) is 0 Å². The summed E-state index contributed by atoms with van der Waals surface area (Å²) in [5, 5.41) is 2.73. The molecule has 9 heteroatoms. The molecule has 3 aromatic carbocycles. The number of ether oxygens (including phenoxy) is 1. The number of alkyl halides is 3. The van der Waals surface area contributed by atoms with Crippen LogP contribution >= 0.6 is 0 Å². The molecular weight excluding hydrogens is 813 g/mol. The first kappa shape index (κ1) is 61.9. The number of para-hydroxylation sites is 1. The van der Waals surface area contributed by atoms with Gasteiger partial charge < -0.3 is 20.6 Å². The number of rotatable bonds is 18. The van der Waals surface area contributed by atoms with Crippen molar-refractivity contribution in [2.24, 2.45) is 17.3 Å². The normalized spacial score (nSPS) is 12.6. The van der Waals surface area contributed by atoms with E-state index in [-0.39, 0.29) is 34.4 Å². The van der Waals surface area contributed by atoms with Gasteiger partial charge in [-0.25, -0.2) is 4.39 Å². The Bertz CT molecular complexity index is 1770. The number of carbonyl (C=O) groups excluding carboxylic acids is 2. The van der Waals surface area contributed by atoms with Crippen LogP contribution in [-0.4, -0.2) is 18.1 Å². The van der Waals surface area contributed by atoms with Gasteiger partial charge in [0.1, 0.15) is 17.3 Å². The number of anilines is 1. The molecular formula is C55H88F4N2O3. The van der Waals surface area contributed by atoms with E-state index in [9.17, 15) is 27.2 Å². The summed E-state index contributed by atoms with van der Waals surface area (Å²) in [6.45, 7) is 37.0. The third kappa shape index (κ3) is 24.8. The molecule has 3 aromatic rings. The quantitative estimate of drug-likeness (QED) is 0.0984. The summed E-state index contributed by atoms with van der Waals surface area (Å²) in [6.07, 6.45) is 7.85. The Hall–Kier alpha value is -4.14. The predicted molar refractivity (Wildman–Crippen MR) is 267 cm³/mol. The van der Waals surface area contributed by atoms with Gasteiger partial charge in [0.15, 0.2) is 0 Å². The van der Waals surface area contributed by atoms with E-state index in [1.54, 1.807) is 13.0 Å². The molecule has 0 saturated heterocycles. The van der Waals surface area contributed by atoms with Crippen molar-refractivity contribution < 1.29 is 31.9 Å². The monoisotopic (exact) mass is 901 g/mol. The Morgan fingerprint density at radius 1 is 0.812 bits per heavy atom. The van der Waals surface area contributed by atoms with E-state index in [1.807, 2.05) is 19.9 Å². The lowest BCUT2D eigenvalue weighted by molar-refractivity contribution is -0.274. The first-order valence-corrected chi connectivity index (χ1v) is 23.8. The molecule has 0 bridgehead atoms. The Kier molecular flexibility index (Phi) is 31.5. The van der Waals surface area contributed by atoms with Crippen molar-refractivity contribution in [3.05, 3.63) is 88.7 Å². The lowest BCUT2D eigenvalue weighted by Gasteiger charge is -2.31. The van der Waals surface area contributed by atoms with Crippen molar-refractivity contribution in [3.8, 4) is 16.9 Å². The summed E-state index contributed by atoms with van der Waals surface area (Å²) in [4.78, 5) is 23.2. The van der Waals surface area contributed by atoms with Crippen LogP contribution in [0.2, 0.25) is 0 Å². The number of Topliss-reactive ketones (excluding diaryl/α,β-unsaturated/α-hetero) is 1. The molecule has 64 heavy (non-hydrogen) atoms. The van der Waals surface area contributed by atoms with Crippen molar-refractivity contribution in [1.82, 2.24) is 5.32 Å². The Morgan fingerprint density at radius 2 is 1.34 bits per heavy atom. The fraction of sp³-hybridized carbons (Fsp3) is 0.600. The molecule has 5 nitrogen and oxygen atoms in total. The SMILES string of the molecule is C=C(NC(=O)C(C)(CCC(C)CC)CC(C)C)c1ccccc1OC(F)(F)F.CCC(C)c1cc(C)c(-c2cc(C)cc(F)c2N)c(C)c1.CCCC.CCCC.CCCCC(C)=O. The van der Waals surface area contributed by atoms with Gasteiger partial charge in [0.05, 0.1) is 5.69 Å². The van der Waals surface area contributed by atoms with Crippen LogP contribution in [0, 0.1) is 43.8 Å². The van der Waals surface area contributed by atoms with E-state index in [4.69, 9.17) is 5.73 Å². The summed E-state index contributed by atoms with van der Waals surface area (Å²) in [7, 11) is 0. The van der Waals surface area contributed by atoms with Crippen molar-refractivity contribution in [2.75, 3.05) is 5.73 Å². The molecule has 0 heterocycles. The minimum Gasteiger partial charge on any atom is -0.405 e. The molecule has 364 valence electrons. The summed E-state index contributed by atoms with van der Waals surface area (Å²) in [5.74, 6) is 0.701. The Morgan fingerprint density at radius 3 is 1.77 bits per heavy atom. The number of halogens is 4. The number of aryl methyl sites for hydroxylation is 3. The number of unbranched alkanes of at least 4 members (excludes halogenated alkanes) is 3. The predicted octanol–water partition coefficient (Wildman–Crippen LogP) is 17.4. The third-order valence-electron chi connectivity index (χ3n) is 11.2. The summed E-state index contributed by atoms with van der Waals surface area (Å²) in [5.41, 5.74) is 12.2. The molecule has 0 aromatic heterocycles. The van der Waals surface area contributed by atoms with Crippen LogP contribution in [0.15, 0.2) is 55.1 Å². The van der Waals surface area contributed by atoms with Crippen molar-refractivity contribution in [2.45, 2.75) is 200 Å². The molecule has 1 amide bonds. The molecule has 0 spiro atoms. The number of benzene rings is 3. The molecule has 0 aliphatic rings. The summed E-state index contributed by atoms with van der Waals surface area (Å²) >= 11 is 0. The molecule has 3 atom stereocenters. The highest BCUT2D eigenvalue weighted by molar-refractivity contribution is 5.91. The fourth-order valence-electron chi connectivity index (χ4n) is 6.59. The fourth-order valence-corrected chi connectivity index (χ4v) is 6.59. The van der Waals surface area contributed by atoms with Crippen molar-refractivity contribution in [3.63, 3.8) is 0 Å². The van der Waals surface area contributed by atoms with Crippen LogP contribution < -0.4 is 15.8 Å². The largest absolute Gasteiger partial charge is 0.573 e. The lowest BCUT2D eigenvalue weighted by atomic mass is 9.75. The van der Waals surface area contributed by atoms with Crippen LogP contribution in [0.25, 0.3) is 16.8 Å². The highest BCUT2D eigenvalue weighted by atomic mass is 19.4. The summed E-state index contributed by atoms with van der Waals surface area (Å²) < 4.78 is 55.9. The van der Waals surface area contributed by atoms with Crippen LogP contribution in [0.1, 0.15) is 201 Å². The zero-order valence-electron chi connectivity index (χ0n) is 42.9. The highest BCUT2D eigenvalue weighted by Gasteiger charge is 2.35. The van der Waals surface area contributed by atoms with E-state index < -0.39 is 11.8 Å². The van der Waals surface area contributed by atoms with Gasteiger partial charge in [-0.2, -0.15) is 0 Å². The molecule has 0 aliphatic heterocycles. The van der Waals surface area contributed by atoms with Gasteiger partial charge in [0.2, 0.25) is 5.91 Å². The van der Waals surface area contributed by atoms with Gasteiger partial charge in [-0.1, -0.05) is 152 Å². The van der Waals surface area contributed by atoms with Gasteiger partial charge in [0, 0.05) is 28.7 Å². The zero-order chi connectivity index (χ0) is 49.8. The molecule has 3 unspecified atom stereocenters. The van der Waals surface area contributed by atoms with Gasteiger partial charge in [-0.3, -0.25) is 4.79 Å². The standard InChI is InChI=1S/C22H32F3NO2.C19H24FN.C6H12O.2C4H10/c1-7-16(4)12-13-21(6,14-15(2)3)20(27)26-17(5)18-10-8-9-11-19(18)28-22(23,24)25;1-6-12(3)15-9-13(4)18(14(5)10-15)16-7-11(2)8-17(20)19(16)21;1-3-4-5-6(2)7;2*1-3-4-2/h8-11,15-16H,5,7,12-14H2,1-4,6H3,(H,26,27);7-10,12H,6,21H2,1-5H3;3-5H2,1-2H3;2*3-4H2,1-2H3. The van der Waals surface area contributed by atoms with Crippen LogP contribution in [0.3, 0.4) is 0 Å². The third-order valence-corrected chi connectivity index (χ3v) is 11.2. The molecule has 3 N–H and O–H groups in total. The first-order valence-electron chi connectivity index (χ1n) is 23.8. The first-order chi connectivity index (χ1) is 29.8. The number of hydrogen-bond acceptors (Lipinski definition) is 4. The van der Waals surface area contributed by atoms with Crippen LogP contribution in [-0.2, 0) is 9.59 Å². The van der Waals surface area contributed by atoms with Gasteiger partial charge in [0.25, 0.3) is 0 Å². The van der Waals surface area contributed by atoms with E-state index in [2.05, 4.69) is 119 Å². The minimum atomic E-state index is -4.82. The number of nitrogens with one attached hydrogen (secondary N) is 1. The minimum absolute atomic E-state index is 0.100. The lowest BCUT2D eigenvalue weighted by Crippen LogP contribution is -2.39. The van der Waals surface area contributed by atoms with Crippen molar-refractivity contribution >= 4 is 23.1 Å². The van der Waals surface area contributed by atoms with E-state index in [0.29, 0.717) is 36.4 Å². The van der Waals surface area contributed by atoms with E-state index in [1.165, 1.54) is 55.5 Å². The summed E-state index contributed by atoms with van der Waals surface area (Å²) in [6, 6.07) is 13.5. The number of nitrogen functional groups attached to an aromatic ring is 1. The average molecular weight is 901 g/mol. The number of ketones is 1. The highest BCUT2D eigenvalue weighted by Crippen LogP contribution is 2.37. The molecule has 0 aliphatic carbocycles. The van der Waals surface area contributed by atoms with Gasteiger partial charge >= 0.3 is 6.36 Å². The zero-order valence-corrected chi connectivity index (χ0v) is 42.9. The molecule has 0 radical (unpaired) electrons. The Balaban J connectivity index is 0. The Labute approximate surface area is 387 Å². The van der Waals surface area contributed by atoms with Gasteiger partial charge in [-0.05, 0) is 130 Å². The number of carbonyl (C=O) groups is 2. The average Bonchev–Trinajstić information content (AvgIpc) is 3.22. The molecule has 0 fully saturated rings. The maximum atomic E-state index is 13.9. The number of nitrogens with two attached hydrogens (primary N) is 1. The second kappa shape index (κ2) is 32.5. The van der Waals surface area contributed by atoms with E-state index >= 15 is 0 Å². The number of amides is 1. The second-order valence-corrected chi connectivity index (χ2v) is 18.0. The second-order valence-electron chi connectivity index (χ2n) is 18.0. The topological polar surface area (TPSA) is 81.4 Å².